The van der Waals surface area contributed by atoms with Gasteiger partial charge in [0.2, 0.25) is 16.9 Å². The number of hydrogen-bond donors (Lipinski definition) is 9. The normalized spacial score (nSPS) is 24.9. The molecule has 1 fully saturated rings. The molecule has 1 aliphatic heterocycles. The summed E-state index contributed by atoms with van der Waals surface area (Å²) in [7, 11) is 0. The Morgan fingerprint density at radius 2 is 1.53 bits per heavy atom. The van der Waals surface area contributed by atoms with Crippen molar-refractivity contribution in [2.75, 3.05) is 6.61 Å². The lowest BCUT2D eigenvalue weighted by molar-refractivity contribution is -0.285. The van der Waals surface area contributed by atoms with Gasteiger partial charge in [-0.25, -0.2) is 0 Å². The minimum atomic E-state index is -1.85. The van der Waals surface area contributed by atoms with E-state index in [0.29, 0.717) is 0 Å². The summed E-state index contributed by atoms with van der Waals surface area (Å²) < 4.78 is 16.0. The number of aromatic hydroxyl groups is 5. The van der Waals surface area contributed by atoms with Gasteiger partial charge in [-0.05, 0) is 18.2 Å². The van der Waals surface area contributed by atoms with Crippen LogP contribution in [0.3, 0.4) is 0 Å². The van der Waals surface area contributed by atoms with Gasteiger partial charge in [0.1, 0.15) is 42.2 Å². The first kappa shape index (κ1) is 23.4. The summed E-state index contributed by atoms with van der Waals surface area (Å²) in [5.41, 5.74) is -1.70. The molecule has 182 valence electrons. The quantitative estimate of drug-likeness (QED) is 0.208. The van der Waals surface area contributed by atoms with Gasteiger partial charge >= 0.3 is 0 Å². The maximum Gasteiger partial charge on any atom is 0.238 e. The Morgan fingerprint density at radius 1 is 0.824 bits per heavy atom. The fourth-order valence-electron chi connectivity index (χ4n) is 3.54. The number of benzene rings is 2. The number of ether oxygens (including phenoxy) is 2. The van der Waals surface area contributed by atoms with Crippen molar-refractivity contribution >= 4 is 11.0 Å². The topological polar surface area (TPSA) is 231 Å². The first-order valence-electron chi connectivity index (χ1n) is 9.78. The largest absolute Gasteiger partial charge is 0.507 e. The summed E-state index contributed by atoms with van der Waals surface area (Å²) in [6, 6.07) is 4.01. The zero-order valence-corrected chi connectivity index (χ0v) is 17.1. The van der Waals surface area contributed by atoms with Gasteiger partial charge in [-0.15, -0.1) is 0 Å². The summed E-state index contributed by atoms with van der Waals surface area (Å²) >= 11 is 0. The van der Waals surface area contributed by atoms with E-state index in [1.165, 1.54) is 6.07 Å². The van der Waals surface area contributed by atoms with Gasteiger partial charge < -0.3 is 59.8 Å². The lowest BCUT2D eigenvalue weighted by Crippen LogP contribution is -2.58. The van der Waals surface area contributed by atoms with Crippen molar-refractivity contribution in [3.63, 3.8) is 0 Å². The van der Waals surface area contributed by atoms with Crippen molar-refractivity contribution in [1.29, 1.82) is 0 Å². The molecule has 2 aromatic carbocycles. The molecule has 0 radical (unpaired) electrons. The van der Waals surface area contributed by atoms with Crippen LogP contribution in [0.5, 0.6) is 34.5 Å². The molecule has 0 unspecified atom stereocenters. The third kappa shape index (κ3) is 3.81. The number of rotatable bonds is 4. The van der Waals surface area contributed by atoms with Crippen molar-refractivity contribution < 1.29 is 59.8 Å². The number of fused-ring (bicyclic) bond motifs is 1. The van der Waals surface area contributed by atoms with Crippen LogP contribution in [0, 0.1) is 0 Å². The Morgan fingerprint density at radius 3 is 2.21 bits per heavy atom. The molecule has 1 saturated heterocycles. The third-order valence-corrected chi connectivity index (χ3v) is 5.37. The zero-order chi connectivity index (χ0) is 24.9. The van der Waals surface area contributed by atoms with Gasteiger partial charge in [0.15, 0.2) is 34.9 Å². The second-order valence-corrected chi connectivity index (χ2v) is 7.61. The van der Waals surface area contributed by atoms with Crippen LogP contribution in [-0.4, -0.2) is 83.3 Å². The Hall–Kier alpha value is -3.75. The van der Waals surface area contributed by atoms with E-state index in [-0.39, 0.29) is 5.56 Å². The second-order valence-electron chi connectivity index (χ2n) is 7.61. The molecular weight excluding hydrogens is 460 g/mol. The Labute approximate surface area is 189 Å². The summed E-state index contributed by atoms with van der Waals surface area (Å²) in [6.07, 6.45) is -8.49. The van der Waals surface area contributed by atoms with Crippen molar-refractivity contribution in [2.45, 2.75) is 30.7 Å². The van der Waals surface area contributed by atoms with Crippen LogP contribution in [-0.2, 0) is 4.74 Å². The highest BCUT2D eigenvalue weighted by Crippen LogP contribution is 2.43. The summed E-state index contributed by atoms with van der Waals surface area (Å²) in [5.74, 6) is -4.51. The molecule has 13 heteroatoms. The SMILES string of the molecule is O=c1c(O)c(-c2ccc(O)c(O)c2)oc2c(OC[C@@H]3O[C@@H](O)[C@@H](O)[C@H](O)[C@H]3O)c(O)cc(O)c12. The molecule has 5 atom stereocenters. The van der Waals surface area contributed by atoms with E-state index in [2.05, 4.69) is 0 Å². The average Bonchev–Trinajstić information content (AvgIpc) is 2.79. The minimum Gasteiger partial charge on any atom is -0.507 e. The van der Waals surface area contributed by atoms with E-state index >= 15 is 0 Å². The molecule has 9 N–H and O–H groups in total. The molecule has 0 aliphatic carbocycles. The number of aliphatic hydroxyl groups excluding tert-OH is 4. The average molecular weight is 480 g/mol. The van der Waals surface area contributed by atoms with Crippen molar-refractivity contribution in [1.82, 2.24) is 0 Å². The summed E-state index contributed by atoms with van der Waals surface area (Å²) in [6.45, 7) is -0.630. The van der Waals surface area contributed by atoms with Gasteiger partial charge in [0, 0.05) is 11.6 Å². The van der Waals surface area contributed by atoms with E-state index in [1.807, 2.05) is 0 Å². The Kier molecular flexibility index (Phi) is 5.89. The standard InChI is InChI=1S/C21H20O13/c22-7-2-1-6(3-8(7)23)18-16(29)14(27)12-9(24)4-10(25)19(20(12)34-18)32-5-11-13(26)15(28)17(30)21(31)33-11/h1-4,11,13,15,17,21-26,28-31H,5H2/t11-,13-,15+,17-,21+/m0/s1. The first-order valence-corrected chi connectivity index (χ1v) is 9.78. The molecular formula is C21H20O13. The number of phenolic OH excluding ortho intramolecular Hbond substituents is 4. The highest BCUT2D eigenvalue weighted by molar-refractivity contribution is 5.93. The van der Waals surface area contributed by atoms with Crippen LogP contribution in [0.2, 0.25) is 0 Å². The highest BCUT2D eigenvalue weighted by Gasteiger charge is 2.43. The molecule has 0 amide bonds. The van der Waals surface area contributed by atoms with Crippen LogP contribution in [0.25, 0.3) is 22.3 Å². The van der Waals surface area contributed by atoms with Gasteiger partial charge in [0.25, 0.3) is 0 Å². The van der Waals surface area contributed by atoms with Crippen LogP contribution < -0.4 is 10.2 Å². The van der Waals surface area contributed by atoms with Gasteiger partial charge in [-0.3, -0.25) is 4.79 Å². The van der Waals surface area contributed by atoms with Crippen molar-refractivity contribution in [3.05, 3.63) is 34.5 Å². The maximum atomic E-state index is 12.8. The molecule has 4 rings (SSSR count). The lowest BCUT2D eigenvalue weighted by Gasteiger charge is -2.38. The zero-order valence-electron chi connectivity index (χ0n) is 17.1. The Bertz CT molecular complexity index is 1300. The van der Waals surface area contributed by atoms with E-state index < -0.39 is 94.0 Å². The highest BCUT2D eigenvalue weighted by atomic mass is 16.6. The lowest BCUT2D eigenvalue weighted by atomic mass is 9.99. The predicted octanol–water partition coefficient (Wildman–Crippen LogP) is -0.833. The Balaban J connectivity index is 1.80. The van der Waals surface area contributed by atoms with Crippen molar-refractivity contribution in [3.8, 4) is 45.8 Å². The van der Waals surface area contributed by atoms with Crippen LogP contribution in [0.4, 0.5) is 0 Å². The molecule has 13 nitrogen and oxygen atoms in total. The fraction of sp³-hybridized carbons (Fsp3) is 0.286. The minimum absolute atomic E-state index is 0.0492. The van der Waals surface area contributed by atoms with Crippen molar-refractivity contribution in [2.24, 2.45) is 0 Å². The van der Waals surface area contributed by atoms with E-state index in [1.54, 1.807) is 0 Å². The predicted molar refractivity (Wildman–Crippen MR) is 111 cm³/mol. The van der Waals surface area contributed by atoms with Gasteiger partial charge in [0.05, 0.1) is 0 Å². The van der Waals surface area contributed by atoms with Crippen LogP contribution in [0.15, 0.2) is 33.5 Å². The number of phenols is 4. The maximum absolute atomic E-state index is 12.8. The second kappa shape index (κ2) is 8.55. The third-order valence-electron chi connectivity index (χ3n) is 5.37. The molecule has 1 aromatic heterocycles. The van der Waals surface area contributed by atoms with E-state index in [0.717, 1.165) is 18.2 Å². The summed E-state index contributed by atoms with van der Waals surface area (Å²) in [5, 5.41) is 88.6. The summed E-state index contributed by atoms with van der Waals surface area (Å²) in [4.78, 5) is 12.8. The molecule has 2 heterocycles. The smallest absolute Gasteiger partial charge is 0.238 e. The molecule has 3 aromatic rings. The number of aliphatic hydroxyl groups is 4. The molecule has 0 spiro atoms. The van der Waals surface area contributed by atoms with Gasteiger partial charge in [-0.2, -0.15) is 0 Å². The van der Waals surface area contributed by atoms with E-state index in [9.17, 15) is 50.8 Å². The number of hydrogen-bond acceptors (Lipinski definition) is 13. The molecule has 1 aliphatic rings. The fourth-order valence-corrected chi connectivity index (χ4v) is 3.54. The molecule has 0 bridgehead atoms. The molecule has 0 saturated carbocycles. The van der Waals surface area contributed by atoms with Crippen LogP contribution >= 0.6 is 0 Å². The monoisotopic (exact) mass is 480 g/mol. The van der Waals surface area contributed by atoms with E-state index in [4.69, 9.17) is 13.9 Å². The first-order chi connectivity index (χ1) is 16.0. The molecule has 34 heavy (non-hydrogen) atoms. The van der Waals surface area contributed by atoms with Crippen LogP contribution in [0.1, 0.15) is 0 Å². The van der Waals surface area contributed by atoms with Gasteiger partial charge in [-0.1, -0.05) is 0 Å².